The third kappa shape index (κ3) is 5.69. The van der Waals surface area contributed by atoms with Gasteiger partial charge in [0.05, 0.1) is 32.6 Å². The fraction of sp³-hybridized carbons (Fsp3) is 0.593. The number of morpholine rings is 1. The Morgan fingerprint density at radius 1 is 1.12 bits per heavy atom. The molecule has 2 aliphatic heterocycles. The monoisotopic (exact) mass is 466 g/mol. The first-order valence-corrected chi connectivity index (χ1v) is 12.8. The minimum Gasteiger partial charge on any atom is -0.497 e. The summed E-state index contributed by atoms with van der Waals surface area (Å²) < 4.78 is 10.9. The highest BCUT2D eigenvalue weighted by molar-refractivity contribution is 5.79. The number of methoxy groups -OCH3 is 1. The number of carbonyl (C=O) groups excluding carboxylic acids is 1. The standard InChI is InChI=1S/C27H38N4O3/c1-4-6-7-21(5-2)27(32)31-13-12-24-23(19-31)26(30-14-16-34-17-15-30)29-25(28-24)18-20-8-10-22(33-3)11-9-20/h8-11,21H,4-7,12-19H2,1-3H3. The first-order chi connectivity index (χ1) is 16.6. The molecule has 4 rings (SSSR count). The third-order valence-corrected chi connectivity index (χ3v) is 6.98. The molecule has 0 bridgehead atoms. The molecule has 7 heteroatoms. The number of amides is 1. The number of hydrogen-bond donors (Lipinski definition) is 0. The maximum absolute atomic E-state index is 13.3. The molecule has 0 N–H and O–H groups in total. The molecule has 34 heavy (non-hydrogen) atoms. The van der Waals surface area contributed by atoms with Gasteiger partial charge in [0.2, 0.25) is 5.91 Å². The van der Waals surface area contributed by atoms with Crippen LogP contribution in [0.4, 0.5) is 5.82 Å². The Labute approximate surface area is 203 Å². The summed E-state index contributed by atoms with van der Waals surface area (Å²) in [5, 5.41) is 0. The summed E-state index contributed by atoms with van der Waals surface area (Å²) in [7, 11) is 1.68. The predicted molar refractivity (Wildman–Crippen MR) is 133 cm³/mol. The van der Waals surface area contributed by atoms with Crippen molar-refractivity contribution in [2.75, 3.05) is 44.9 Å². The van der Waals surface area contributed by atoms with Crippen molar-refractivity contribution in [3.05, 3.63) is 46.9 Å². The molecule has 0 spiro atoms. The number of benzene rings is 1. The Balaban J connectivity index is 1.60. The van der Waals surface area contributed by atoms with E-state index in [1.807, 2.05) is 17.0 Å². The van der Waals surface area contributed by atoms with Crippen molar-refractivity contribution in [2.24, 2.45) is 5.92 Å². The van der Waals surface area contributed by atoms with Crippen LogP contribution in [-0.4, -0.2) is 60.7 Å². The van der Waals surface area contributed by atoms with E-state index in [1.54, 1.807) is 7.11 Å². The highest BCUT2D eigenvalue weighted by Crippen LogP contribution is 2.30. The van der Waals surface area contributed by atoms with Gasteiger partial charge in [-0.25, -0.2) is 9.97 Å². The van der Waals surface area contributed by atoms with Crippen LogP contribution in [0.2, 0.25) is 0 Å². The highest BCUT2D eigenvalue weighted by atomic mass is 16.5. The maximum atomic E-state index is 13.3. The lowest BCUT2D eigenvalue weighted by atomic mass is 9.96. The first-order valence-electron chi connectivity index (χ1n) is 12.8. The van der Waals surface area contributed by atoms with Crippen molar-refractivity contribution in [1.29, 1.82) is 0 Å². The second-order valence-electron chi connectivity index (χ2n) is 9.27. The van der Waals surface area contributed by atoms with Crippen molar-refractivity contribution in [1.82, 2.24) is 14.9 Å². The number of ether oxygens (including phenoxy) is 2. The molecule has 7 nitrogen and oxygen atoms in total. The zero-order valence-electron chi connectivity index (χ0n) is 20.9. The van der Waals surface area contributed by atoms with Crippen LogP contribution in [0.1, 0.15) is 62.2 Å². The van der Waals surface area contributed by atoms with Crippen molar-refractivity contribution in [3.63, 3.8) is 0 Å². The Kier molecular flexibility index (Phi) is 8.38. The van der Waals surface area contributed by atoms with Gasteiger partial charge in [0.15, 0.2) is 0 Å². The molecule has 0 radical (unpaired) electrons. The molecule has 1 saturated heterocycles. The smallest absolute Gasteiger partial charge is 0.225 e. The SMILES string of the molecule is CCCCC(CC)C(=O)N1CCc2nc(Cc3ccc(OC)cc3)nc(N3CCOCC3)c2C1. The molecule has 1 aromatic carbocycles. The van der Waals surface area contributed by atoms with Crippen LogP contribution in [0.3, 0.4) is 0 Å². The summed E-state index contributed by atoms with van der Waals surface area (Å²) in [4.78, 5) is 27.7. The third-order valence-electron chi connectivity index (χ3n) is 6.98. The lowest BCUT2D eigenvalue weighted by molar-refractivity contribution is -0.136. The van der Waals surface area contributed by atoms with E-state index in [-0.39, 0.29) is 11.8 Å². The van der Waals surface area contributed by atoms with Crippen LogP contribution in [0, 0.1) is 5.92 Å². The van der Waals surface area contributed by atoms with Gasteiger partial charge in [0.1, 0.15) is 17.4 Å². The van der Waals surface area contributed by atoms with Crippen LogP contribution >= 0.6 is 0 Å². The van der Waals surface area contributed by atoms with E-state index in [1.165, 1.54) is 0 Å². The lowest BCUT2D eigenvalue weighted by Gasteiger charge is -2.35. The van der Waals surface area contributed by atoms with E-state index in [0.717, 1.165) is 86.0 Å². The number of hydrogen-bond acceptors (Lipinski definition) is 6. The summed E-state index contributed by atoms with van der Waals surface area (Å²) in [6, 6.07) is 8.08. The van der Waals surface area contributed by atoms with E-state index in [9.17, 15) is 4.79 Å². The molecule has 0 aliphatic carbocycles. The average molecular weight is 467 g/mol. The second-order valence-corrected chi connectivity index (χ2v) is 9.27. The van der Waals surface area contributed by atoms with Crippen molar-refractivity contribution in [3.8, 4) is 5.75 Å². The van der Waals surface area contributed by atoms with Gasteiger partial charge in [-0.3, -0.25) is 4.79 Å². The molecule has 2 aliphatic rings. The average Bonchev–Trinajstić information content (AvgIpc) is 2.89. The fourth-order valence-corrected chi connectivity index (χ4v) is 4.89. The topological polar surface area (TPSA) is 67.8 Å². The summed E-state index contributed by atoms with van der Waals surface area (Å²) in [6.45, 7) is 8.67. The molecule has 2 aromatic rings. The van der Waals surface area contributed by atoms with E-state index in [0.29, 0.717) is 26.2 Å². The highest BCUT2D eigenvalue weighted by Gasteiger charge is 2.30. The number of aromatic nitrogens is 2. The van der Waals surface area contributed by atoms with Gasteiger partial charge in [-0.1, -0.05) is 38.8 Å². The molecule has 184 valence electrons. The van der Waals surface area contributed by atoms with Crippen molar-refractivity contribution >= 4 is 11.7 Å². The second kappa shape index (κ2) is 11.6. The zero-order chi connectivity index (χ0) is 23.9. The fourth-order valence-electron chi connectivity index (χ4n) is 4.89. The van der Waals surface area contributed by atoms with Crippen LogP contribution in [0.15, 0.2) is 24.3 Å². The summed E-state index contributed by atoms with van der Waals surface area (Å²) in [5.74, 6) is 3.06. The largest absolute Gasteiger partial charge is 0.497 e. The van der Waals surface area contributed by atoms with E-state index in [4.69, 9.17) is 19.4 Å². The molecule has 1 unspecified atom stereocenters. The van der Waals surface area contributed by atoms with Gasteiger partial charge in [0, 0.05) is 44.0 Å². The van der Waals surface area contributed by atoms with Gasteiger partial charge in [-0.15, -0.1) is 0 Å². The molecule has 1 fully saturated rings. The molecule has 1 aromatic heterocycles. The van der Waals surface area contributed by atoms with Crippen LogP contribution in [-0.2, 0) is 28.9 Å². The van der Waals surface area contributed by atoms with Crippen molar-refractivity contribution < 1.29 is 14.3 Å². The minimum atomic E-state index is 0.114. The van der Waals surface area contributed by atoms with E-state index in [2.05, 4.69) is 30.9 Å². The Morgan fingerprint density at radius 3 is 2.56 bits per heavy atom. The zero-order valence-corrected chi connectivity index (χ0v) is 20.9. The van der Waals surface area contributed by atoms with Crippen LogP contribution < -0.4 is 9.64 Å². The Hall–Kier alpha value is -2.67. The van der Waals surface area contributed by atoms with Crippen LogP contribution in [0.25, 0.3) is 0 Å². The van der Waals surface area contributed by atoms with Crippen molar-refractivity contribution in [2.45, 2.75) is 58.9 Å². The number of anilines is 1. The molecule has 3 heterocycles. The number of rotatable bonds is 9. The Morgan fingerprint density at radius 2 is 1.88 bits per heavy atom. The number of nitrogens with zero attached hydrogens (tertiary/aromatic N) is 4. The van der Waals surface area contributed by atoms with E-state index >= 15 is 0 Å². The molecule has 1 atom stereocenters. The van der Waals surface area contributed by atoms with Gasteiger partial charge in [-0.05, 0) is 30.5 Å². The maximum Gasteiger partial charge on any atom is 0.225 e. The summed E-state index contributed by atoms with van der Waals surface area (Å²) in [5.41, 5.74) is 3.36. The first kappa shape index (κ1) is 24.5. The predicted octanol–water partition coefficient (Wildman–Crippen LogP) is 4.01. The number of carbonyl (C=O) groups is 1. The quantitative estimate of drug-likeness (QED) is 0.556. The van der Waals surface area contributed by atoms with Gasteiger partial charge in [0.25, 0.3) is 0 Å². The molecule has 0 saturated carbocycles. The minimum absolute atomic E-state index is 0.114. The molecular formula is C27H38N4O3. The number of fused-ring (bicyclic) bond motifs is 1. The van der Waals surface area contributed by atoms with E-state index < -0.39 is 0 Å². The Bertz CT molecular complexity index is 957. The molecule has 1 amide bonds. The number of unbranched alkanes of at least 4 members (excludes halogenated alkanes) is 1. The van der Waals surface area contributed by atoms with Gasteiger partial charge in [-0.2, -0.15) is 0 Å². The lowest BCUT2D eigenvalue weighted by Crippen LogP contribution is -2.43. The van der Waals surface area contributed by atoms with Gasteiger partial charge < -0.3 is 19.3 Å². The van der Waals surface area contributed by atoms with Gasteiger partial charge >= 0.3 is 0 Å². The molecular weight excluding hydrogens is 428 g/mol. The summed E-state index contributed by atoms with van der Waals surface area (Å²) >= 11 is 0. The summed E-state index contributed by atoms with van der Waals surface area (Å²) in [6.07, 6.45) is 5.55. The normalized spacial score (nSPS) is 16.8. The van der Waals surface area contributed by atoms with Crippen LogP contribution in [0.5, 0.6) is 5.75 Å².